The van der Waals surface area contributed by atoms with Crippen LogP contribution in [0.15, 0.2) is 79.0 Å². The van der Waals surface area contributed by atoms with Gasteiger partial charge in [0.15, 0.2) is 11.5 Å². The van der Waals surface area contributed by atoms with Crippen LogP contribution in [0, 0.1) is 5.82 Å². The molecule has 1 heterocycles. The third-order valence-electron chi connectivity index (χ3n) is 4.94. The molecule has 0 unspecified atom stereocenters. The number of aromatic nitrogens is 3. The number of para-hydroxylation sites is 1. The van der Waals surface area contributed by atoms with E-state index in [0.717, 1.165) is 11.1 Å². The van der Waals surface area contributed by atoms with E-state index in [4.69, 9.17) is 9.47 Å². The Morgan fingerprint density at radius 2 is 1.79 bits per heavy atom. The Hall–Kier alpha value is -4.20. The molecule has 1 aromatic heterocycles. The van der Waals surface area contributed by atoms with Gasteiger partial charge in [-0.05, 0) is 35.4 Å². The number of nitrogens with zero attached hydrogens (tertiary/aromatic N) is 3. The van der Waals surface area contributed by atoms with E-state index in [9.17, 15) is 9.18 Å². The minimum Gasteiger partial charge on any atom is -0.493 e. The van der Waals surface area contributed by atoms with Crippen LogP contribution in [0.3, 0.4) is 0 Å². The number of hydrogen-bond donors (Lipinski definition) is 1. The molecule has 1 N–H and O–H groups in total. The summed E-state index contributed by atoms with van der Waals surface area (Å²) in [4.78, 5) is 12.2. The first-order valence-electron chi connectivity index (χ1n) is 10.4. The molecule has 0 aliphatic heterocycles. The van der Waals surface area contributed by atoms with Crippen molar-refractivity contribution in [1.29, 1.82) is 0 Å². The second kappa shape index (κ2) is 10.4. The van der Waals surface area contributed by atoms with Gasteiger partial charge in [0.25, 0.3) is 0 Å². The van der Waals surface area contributed by atoms with Crippen molar-refractivity contribution < 1.29 is 18.7 Å². The van der Waals surface area contributed by atoms with Crippen molar-refractivity contribution in [3.63, 3.8) is 0 Å². The van der Waals surface area contributed by atoms with Crippen LogP contribution < -0.4 is 14.8 Å². The van der Waals surface area contributed by atoms with Crippen molar-refractivity contribution in [2.24, 2.45) is 0 Å². The Morgan fingerprint density at radius 3 is 2.58 bits per heavy atom. The molecule has 33 heavy (non-hydrogen) atoms. The number of ether oxygens (including phenoxy) is 2. The van der Waals surface area contributed by atoms with Crippen molar-refractivity contribution >= 4 is 5.91 Å². The third-order valence-corrected chi connectivity index (χ3v) is 4.94. The molecule has 7 nitrogen and oxygen atoms in total. The van der Waals surface area contributed by atoms with E-state index in [1.165, 1.54) is 10.7 Å². The summed E-state index contributed by atoms with van der Waals surface area (Å²) >= 11 is 0. The minimum absolute atomic E-state index is 0.0570. The average molecular weight is 446 g/mol. The lowest BCUT2D eigenvalue weighted by molar-refractivity contribution is -0.120. The number of methoxy groups -OCH3 is 1. The molecule has 0 aliphatic carbocycles. The lowest BCUT2D eigenvalue weighted by atomic mass is 10.1. The van der Waals surface area contributed by atoms with Crippen molar-refractivity contribution in [1.82, 2.24) is 20.3 Å². The van der Waals surface area contributed by atoms with Gasteiger partial charge in [-0.1, -0.05) is 53.7 Å². The van der Waals surface area contributed by atoms with Crippen LogP contribution in [0.1, 0.15) is 16.8 Å². The summed E-state index contributed by atoms with van der Waals surface area (Å²) in [7, 11) is 1.55. The number of nitrogens with one attached hydrogen (secondary N) is 1. The van der Waals surface area contributed by atoms with Crippen molar-refractivity contribution in [2.75, 3.05) is 7.11 Å². The molecule has 0 bridgehead atoms. The first-order chi connectivity index (χ1) is 16.1. The summed E-state index contributed by atoms with van der Waals surface area (Å²) < 4.78 is 26.6. The van der Waals surface area contributed by atoms with Gasteiger partial charge in [0.1, 0.15) is 23.8 Å². The van der Waals surface area contributed by atoms with E-state index in [1.54, 1.807) is 37.6 Å². The monoisotopic (exact) mass is 446 g/mol. The lowest BCUT2D eigenvalue weighted by Crippen LogP contribution is -2.24. The summed E-state index contributed by atoms with van der Waals surface area (Å²) in [5.41, 5.74) is 2.69. The molecular weight excluding hydrogens is 423 g/mol. The quantitative estimate of drug-likeness (QED) is 0.423. The Labute approximate surface area is 190 Å². The van der Waals surface area contributed by atoms with Crippen LogP contribution in [0.5, 0.6) is 11.5 Å². The number of carbonyl (C=O) groups excluding carboxylic acids is 1. The van der Waals surface area contributed by atoms with E-state index in [-0.39, 0.29) is 18.3 Å². The van der Waals surface area contributed by atoms with Crippen molar-refractivity contribution in [2.45, 2.75) is 19.6 Å². The molecule has 0 aliphatic rings. The number of halogens is 1. The molecule has 0 radical (unpaired) electrons. The van der Waals surface area contributed by atoms with Gasteiger partial charge in [-0.25, -0.2) is 9.07 Å². The van der Waals surface area contributed by atoms with E-state index in [2.05, 4.69) is 15.6 Å². The predicted octanol–water partition coefficient (Wildman–Crippen LogP) is 3.85. The van der Waals surface area contributed by atoms with Crippen LogP contribution in [-0.4, -0.2) is 28.0 Å². The zero-order valence-electron chi connectivity index (χ0n) is 18.1. The number of benzene rings is 3. The second-order valence-corrected chi connectivity index (χ2v) is 7.32. The maximum Gasteiger partial charge on any atom is 0.224 e. The van der Waals surface area contributed by atoms with Crippen LogP contribution in [0.25, 0.3) is 5.69 Å². The molecule has 3 aromatic carbocycles. The highest BCUT2D eigenvalue weighted by Crippen LogP contribution is 2.28. The van der Waals surface area contributed by atoms with Crippen LogP contribution in [0.2, 0.25) is 0 Å². The van der Waals surface area contributed by atoms with Crippen LogP contribution in [-0.2, 0) is 24.4 Å². The fourth-order valence-electron chi connectivity index (χ4n) is 3.26. The van der Waals surface area contributed by atoms with Gasteiger partial charge >= 0.3 is 0 Å². The SMILES string of the molecule is COc1cc(CNC(=O)Cc2ccccc2)ccc1OCc1cn(-c2ccccc2F)nn1. The van der Waals surface area contributed by atoms with Gasteiger partial charge < -0.3 is 14.8 Å². The lowest BCUT2D eigenvalue weighted by Gasteiger charge is -2.12. The molecule has 8 heteroatoms. The summed E-state index contributed by atoms with van der Waals surface area (Å²) in [6, 6.07) is 21.4. The molecule has 4 aromatic rings. The van der Waals surface area contributed by atoms with Gasteiger partial charge in [-0.2, -0.15) is 0 Å². The molecule has 1 amide bonds. The average Bonchev–Trinajstić information content (AvgIpc) is 3.31. The maximum absolute atomic E-state index is 13.9. The van der Waals surface area contributed by atoms with Gasteiger partial charge in [0.2, 0.25) is 5.91 Å². The van der Waals surface area contributed by atoms with Crippen LogP contribution >= 0.6 is 0 Å². The number of hydrogen-bond acceptors (Lipinski definition) is 5. The van der Waals surface area contributed by atoms with Gasteiger partial charge in [-0.15, -0.1) is 5.10 Å². The minimum atomic E-state index is -0.386. The van der Waals surface area contributed by atoms with E-state index < -0.39 is 0 Å². The first-order valence-corrected chi connectivity index (χ1v) is 10.4. The number of amides is 1. The van der Waals surface area contributed by atoms with Gasteiger partial charge in [0.05, 0.1) is 19.7 Å². The topological polar surface area (TPSA) is 78.3 Å². The van der Waals surface area contributed by atoms with Crippen molar-refractivity contribution in [3.05, 3.63) is 102 Å². The summed E-state index contributed by atoms with van der Waals surface area (Å²) in [6.45, 7) is 0.511. The molecule has 0 atom stereocenters. The largest absolute Gasteiger partial charge is 0.493 e. The van der Waals surface area contributed by atoms with Gasteiger partial charge in [-0.3, -0.25) is 4.79 Å². The Morgan fingerprint density at radius 1 is 1.00 bits per heavy atom. The smallest absolute Gasteiger partial charge is 0.224 e. The molecular formula is C25H23FN4O3. The van der Waals surface area contributed by atoms with E-state index >= 15 is 0 Å². The molecule has 4 rings (SSSR count). The fourth-order valence-corrected chi connectivity index (χ4v) is 3.26. The highest BCUT2D eigenvalue weighted by molar-refractivity contribution is 5.78. The summed E-state index contributed by atoms with van der Waals surface area (Å²) in [5, 5.41) is 10.9. The molecule has 0 fully saturated rings. The molecule has 0 spiro atoms. The third kappa shape index (κ3) is 5.74. The fraction of sp³-hybridized carbons (Fsp3) is 0.160. The molecule has 0 saturated heterocycles. The van der Waals surface area contributed by atoms with E-state index in [0.29, 0.717) is 35.8 Å². The first kappa shape index (κ1) is 22.0. The standard InChI is InChI=1S/C25H23FN4O3/c1-32-24-13-19(15-27-25(31)14-18-7-3-2-4-8-18)11-12-23(24)33-17-20-16-30(29-28-20)22-10-6-5-9-21(22)26/h2-13,16H,14-15,17H2,1H3,(H,27,31). The van der Waals surface area contributed by atoms with Gasteiger partial charge in [0, 0.05) is 6.54 Å². The predicted molar refractivity (Wildman–Crippen MR) is 121 cm³/mol. The number of rotatable bonds is 9. The second-order valence-electron chi connectivity index (χ2n) is 7.32. The molecule has 0 saturated carbocycles. The highest BCUT2D eigenvalue weighted by atomic mass is 19.1. The van der Waals surface area contributed by atoms with Crippen molar-refractivity contribution in [3.8, 4) is 17.2 Å². The Kier molecular flexibility index (Phi) is 6.94. The summed E-state index contributed by atoms with van der Waals surface area (Å²) in [5.74, 6) is 0.616. The normalized spacial score (nSPS) is 10.6. The Balaban J connectivity index is 1.34. The summed E-state index contributed by atoms with van der Waals surface area (Å²) in [6.07, 6.45) is 1.94. The van der Waals surface area contributed by atoms with E-state index in [1.807, 2.05) is 42.5 Å². The zero-order valence-corrected chi connectivity index (χ0v) is 18.1. The van der Waals surface area contributed by atoms with Crippen LogP contribution in [0.4, 0.5) is 4.39 Å². The Bertz CT molecular complexity index is 1230. The highest BCUT2D eigenvalue weighted by Gasteiger charge is 2.11. The maximum atomic E-state index is 13.9. The zero-order chi connectivity index (χ0) is 23.0. The number of carbonyl (C=O) groups is 1. The molecule has 168 valence electrons.